The van der Waals surface area contributed by atoms with Crippen molar-refractivity contribution in [2.45, 2.75) is 19.2 Å². The van der Waals surface area contributed by atoms with Gasteiger partial charge in [-0.3, -0.25) is 14.6 Å². The van der Waals surface area contributed by atoms with Gasteiger partial charge >= 0.3 is 0 Å². The average molecular weight is 264 g/mol. The van der Waals surface area contributed by atoms with E-state index in [-0.39, 0.29) is 17.2 Å². The molecule has 18 heavy (non-hydrogen) atoms. The summed E-state index contributed by atoms with van der Waals surface area (Å²) in [5.41, 5.74) is 0.863. The zero-order valence-corrected chi connectivity index (χ0v) is 10.8. The van der Waals surface area contributed by atoms with Gasteiger partial charge in [0.15, 0.2) is 5.17 Å². The molecule has 6 nitrogen and oxygen atoms in total. The number of hydrogen-bond donors (Lipinski definition) is 1. The molecule has 0 bridgehead atoms. The number of nitrogens with zero attached hydrogens (tertiary/aromatic N) is 3. The lowest BCUT2D eigenvalue weighted by Gasteiger charge is -2.18. The SMILES string of the molecule is CC(=O)NC1=NN(C(C)=O)[C@H](c2cccnc2)S1. The molecule has 0 saturated carbocycles. The van der Waals surface area contributed by atoms with Gasteiger partial charge in [-0.05, 0) is 6.07 Å². The molecule has 0 radical (unpaired) electrons. The van der Waals surface area contributed by atoms with Gasteiger partial charge in [0.2, 0.25) is 11.8 Å². The second-order valence-electron chi connectivity index (χ2n) is 3.71. The minimum absolute atomic E-state index is 0.184. The van der Waals surface area contributed by atoms with Gasteiger partial charge in [-0.2, -0.15) is 0 Å². The summed E-state index contributed by atoms with van der Waals surface area (Å²) in [6, 6.07) is 3.66. The summed E-state index contributed by atoms with van der Waals surface area (Å²) in [5.74, 6) is -0.395. The second-order valence-corrected chi connectivity index (χ2v) is 4.78. The zero-order valence-electron chi connectivity index (χ0n) is 9.95. The van der Waals surface area contributed by atoms with E-state index in [0.29, 0.717) is 5.17 Å². The van der Waals surface area contributed by atoms with E-state index in [1.807, 2.05) is 6.07 Å². The molecule has 0 aromatic carbocycles. The molecule has 2 rings (SSSR count). The van der Waals surface area contributed by atoms with E-state index in [1.54, 1.807) is 18.5 Å². The first-order chi connectivity index (χ1) is 8.58. The van der Waals surface area contributed by atoms with Crippen LogP contribution in [0.5, 0.6) is 0 Å². The summed E-state index contributed by atoms with van der Waals surface area (Å²) < 4.78 is 0. The third kappa shape index (κ3) is 2.67. The second kappa shape index (κ2) is 5.18. The minimum Gasteiger partial charge on any atom is -0.304 e. The minimum atomic E-state index is -0.280. The standard InChI is InChI=1S/C11H12N4O2S/c1-7(16)13-11-14-15(8(2)17)10(18-11)9-4-3-5-12-6-9/h3-6,10H,1-2H3,(H,13,14,16)/t10-/m0/s1. The van der Waals surface area contributed by atoms with Crippen molar-refractivity contribution in [1.29, 1.82) is 0 Å². The number of pyridine rings is 1. The highest BCUT2D eigenvalue weighted by Crippen LogP contribution is 2.38. The number of nitrogens with one attached hydrogen (secondary N) is 1. The fourth-order valence-electron chi connectivity index (χ4n) is 1.50. The molecule has 1 aromatic heterocycles. The number of hydrogen-bond acceptors (Lipinski definition) is 5. The maximum Gasteiger partial charge on any atom is 0.241 e. The Labute approximate surface area is 108 Å². The Balaban J connectivity index is 2.23. The lowest BCUT2D eigenvalue weighted by molar-refractivity contribution is -0.129. The molecular weight excluding hydrogens is 252 g/mol. The maximum absolute atomic E-state index is 11.5. The smallest absolute Gasteiger partial charge is 0.241 e. The predicted octanol–water partition coefficient (Wildman–Crippen LogP) is 1.08. The fraction of sp³-hybridized carbons (Fsp3) is 0.273. The lowest BCUT2D eigenvalue weighted by atomic mass is 10.3. The quantitative estimate of drug-likeness (QED) is 0.823. The summed E-state index contributed by atoms with van der Waals surface area (Å²) in [4.78, 5) is 26.6. The van der Waals surface area contributed by atoms with Crippen molar-refractivity contribution in [3.63, 3.8) is 0 Å². The van der Waals surface area contributed by atoms with Crippen LogP contribution in [-0.4, -0.2) is 27.0 Å². The Morgan fingerprint density at radius 3 is 2.78 bits per heavy atom. The van der Waals surface area contributed by atoms with Gasteiger partial charge in [0.25, 0.3) is 0 Å². The number of thioether (sulfide) groups is 1. The molecule has 2 amide bonds. The Hall–Kier alpha value is -1.89. The molecule has 1 aromatic rings. The molecule has 1 atom stereocenters. The number of aromatic nitrogens is 1. The van der Waals surface area contributed by atoms with Crippen LogP contribution in [0.3, 0.4) is 0 Å². The Kier molecular flexibility index (Phi) is 3.61. The summed E-state index contributed by atoms with van der Waals surface area (Å²) in [5, 5.41) is 8.16. The summed E-state index contributed by atoms with van der Waals surface area (Å²) in [7, 11) is 0. The number of rotatable bonds is 1. The van der Waals surface area contributed by atoms with E-state index >= 15 is 0 Å². The first kappa shape index (κ1) is 12.6. The van der Waals surface area contributed by atoms with Crippen LogP contribution in [0.25, 0.3) is 0 Å². The monoisotopic (exact) mass is 264 g/mol. The van der Waals surface area contributed by atoms with Gasteiger partial charge in [0.05, 0.1) is 0 Å². The lowest BCUT2D eigenvalue weighted by Crippen LogP contribution is -2.25. The van der Waals surface area contributed by atoms with Crippen molar-refractivity contribution in [2.75, 3.05) is 0 Å². The van der Waals surface area contributed by atoms with Crippen molar-refractivity contribution in [3.8, 4) is 0 Å². The largest absolute Gasteiger partial charge is 0.304 e. The molecule has 0 saturated heterocycles. The highest BCUT2D eigenvalue weighted by Gasteiger charge is 2.32. The van der Waals surface area contributed by atoms with E-state index in [0.717, 1.165) is 5.56 Å². The molecular formula is C11H12N4O2S. The first-order valence-electron chi connectivity index (χ1n) is 5.30. The van der Waals surface area contributed by atoms with Crippen LogP contribution in [0.15, 0.2) is 29.6 Å². The van der Waals surface area contributed by atoms with Crippen molar-refractivity contribution in [2.24, 2.45) is 5.10 Å². The van der Waals surface area contributed by atoms with Crippen LogP contribution in [0.2, 0.25) is 0 Å². The van der Waals surface area contributed by atoms with E-state index in [1.165, 1.54) is 30.6 Å². The third-order valence-electron chi connectivity index (χ3n) is 2.22. The molecule has 1 aliphatic rings. The van der Waals surface area contributed by atoms with E-state index < -0.39 is 0 Å². The van der Waals surface area contributed by atoms with Crippen LogP contribution in [0, 0.1) is 0 Å². The van der Waals surface area contributed by atoms with E-state index in [9.17, 15) is 9.59 Å². The van der Waals surface area contributed by atoms with E-state index in [4.69, 9.17) is 0 Å². The molecule has 7 heteroatoms. The first-order valence-corrected chi connectivity index (χ1v) is 6.18. The highest BCUT2D eigenvalue weighted by molar-refractivity contribution is 8.14. The maximum atomic E-state index is 11.5. The van der Waals surface area contributed by atoms with Crippen molar-refractivity contribution in [1.82, 2.24) is 15.3 Å². The molecule has 0 fully saturated rings. The van der Waals surface area contributed by atoms with Gasteiger partial charge in [-0.1, -0.05) is 17.8 Å². The summed E-state index contributed by atoms with van der Waals surface area (Å²) in [6.07, 6.45) is 3.34. The van der Waals surface area contributed by atoms with Crippen LogP contribution in [0.4, 0.5) is 0 Å². The highest BCUT2D eigenvalue weighted by atomic mass is 32.2. The average Bonchev–Trinajstić information content (AvgIpc) is 2.73. The Bertz CT molecular complexity index is 503. The number of amides is 2. The van der Waals surface area contributed by atoms with Gasteiger partial charge in [-0.15, -0.1) is 5.10 Å². The molecule has 2 heterocycles. The van der Waals surface area contributed by atoms with Crippen LogP contribution in [0.1, 0.15) is 24.8 Å². The van der Waals surface area contributed by atoms with Gasteiger partial charge in [0, 0.05) is 31.8 Å². The van der Waals surface area contributed by atoms with Crippen LogP contribution < -0.4 is 5.32 Å². The molecule has 1 N–H and O–H groups in total. The Morgan fingerprint density at radius 2 is 2.22 bits per heavy atom. The zero-order chi connectivity index (χ0) is 13.1. The third-order valence-corrected chi connectivity index (χ3v) is 3.32. The fourth-order valence-corrected chi connectivity index (χ4v) is 2.62. The molecule has 0 unspecified atom stereocenters. The Morgan fingerprint density at radius 1 is 1.44 bits per heavy atom. The normalized spacial score (nSPS) is 18.4. The summed E-state index contributed by atoms with van der Waals surface area (Å²) in [6.45, 7) is 2.84. The van der Waals surface area contributed by atoms with Crippen molar-refractivity contribution in [3.05, 3.63) is 30.1 Å². The predicted molar refractivity (Wildman–Crippen MR) is 68.3 cm³/mol. The number of carbonyl (C=O) groups excluding carboxylic acids is 2. The van der Waals surface area contributed by atoms with Crippen molar-refractivity contribution >= 4 is 28.7 Å². The molecule has 0 aliphatic carbocycles. The van der Waals surface area contributed by atoms with Crippen molar-refractivity contribution < 1.29 is 9.59 Å². The number of carbonyl (C=O) groups is 2. The number of amidine groups is 1. The molecule has 94 valence electrons. The van der Waals surface area contributed by atoms with Gasteiger partial charge < -0.3 is 5.32 Å². The molecule has 1 aliphatic heterocycles. The van der Waals surface area contributed by atoms with Gasteiger partial charge in [0.1, 0.15) is 5.37 Å². The summed E-state index contributed by atoms with van der Waals surface area (Å²) >= 11 is 1.31. The van der Waals surface area contributed by atoms with Gasteiger partial charge in [-0.25, -0.2) is 5.01 Å². The van der Waals surface area contributed by atoms with E-state index in [2.05, 4.69) is 15.4 Å². The van der Waals surface area contributed by atoms with Crippen LogP contribution >= 0.6 is 11.8 Å². The topological polar surface area (TPSA) is 74.7 Å². The number of hydrazone groups is 1. The molecule has 0 spiro atoms. The van der Waals surface area contributed by atoms with Crippen LogP contribution in [-0.2, 0) is 9.59 Å².